The van der Waals surface area contributed by atoms with Gasteiger partial charge in [-0.1, -0.05) is 6.92 Å². The molecule has 0 bridgehead atoms. The zero-order valence-electron chi connectivity index (χ0n) is 8.73. The Hall–Kier alpha value is -1.06. The summed E-state index contributed by atoms with van der Waals surface area (Å²) in [6, 6.07) is 6.97. The van der Waals surface area contributed by atoms with Gasteiger partial charge in [0.15, 0.2) is 0 Å². The predicted octanol–water partition coefficient (Wildman–Crippen LogP) is 2.94. The van der Waals surface area contributed by atoms with Crippen LogP contribution in [0.25, 0.3) is 5.00 Å². The van der Waals surface area contributed by atoms with Crippen LogP contribution in [0.2, 0.25) is 0 Å². The molecule has 2 aromatic rings. The van der Waals surface area contributed by atoms with Crippen LogP contribution < -0.4 is 5.32 Å². The van der Waals surface area contributed by atoms with Gasteiger partial charge in [0, 0.05) is 17.5 Å². The van der Waals surface area contributed by atoms with Crippen molar-refractivity contribution in [2.24, 2.45) is 0 Å². The van der Waals surface area contributed by atoms with Gasteiger partial charge >= 0.3 is 0 Å². The molecule has 3 rings (SSSR count). The van der Waals surface area contributed by atoms with Crippen LogP contribution in [0.5, 0.6) is 0 Å². The topological polar surface area (TPSA) is 17.0 Å². The lowest BCUT2D eigenvalue weighted by atomic mass is 10.1. The third kappa shape index (κ3) is 1.27. The Labute approximate surface area is 93.6 Å². The Morgan fingerprint density at radius 1 is 1.47 bits per heavy atom. The number of hydrogen-bond donors (Lipinski definition) is 1. The van der Waals surface area contributed by atoms with Gasteiger partial charge in [0.2, 0.25) is 0 Å². The van der Waals surface area contributed by atoms with E-state index in [1.807, 2.05) is 11.3 Å². The van der Waals surface area contributed by atoms with Crippen molar-refractivity contribution in [1.29, 1.82) is 0 Å². The molecule has 15 heavy (non-hydrogen) atoms. The first-order chi connectivity index (χ1) is 7.42. The number of nitrogens with zero attached hydrogens (tertiary/aromatic N) is 1. The van der Waals surface area contributed by atoms with Crippen LogP contribution in [0.1, 0.15) is 30.6 Å². The van der Waals surface area contributed by atoms with Gasteiger partial charge in [0.1, 0.15) is 5.00 Å². The first kappa shape index (κ1) is 9.19. The molecule has 3 heteroatoms. The number of aromatic nitrogens is 1. The van der Waals surface area contributed by atoms with E-state index >= 15 is 0 Å². The van der Waals surface area contributed by atoms with E-state index in [1.54, 1.807) is 0 Å². The molecule has 0 amide bonds. The number of hydrogen-bond acceptors (Lipinski definition) is 2. The van der Waals surface area contributed by atoms with Gasteiger partial charge in [-0.05, 0) is 36.5 Å². The van der Waals surface area contributed by atoms with E-state index < -0.39 is 0 Å². The molecular formula is C12H14N2S. The molecule has 0 aromatic carbocycles. The molecule has 1 N–H and O–H groups in total. The highest BCUT2D eigenvalue weighted by Gasteiger charge is 2.28. The SMILES string of the molecule is CCCNC1c2ccsc2-n2cccc21. The first-order valence-corrected chi connectivity index (χ1v) is 6.28. The van der Waals surface area contributed by atoms with Gasteiger partial charge < -0.3 is 9.88 Å². The molecule has 1 atom stereocenters. The summed E-state index contributed by atoms with van der Waals surface area (Å²) in [7, 11) is 0. The summed E-state index contributed by atoms with van der Waals surface area (Å²) in [4.78, 5) is 0. The number of nitrogens with one attached hydrogen (secondary N) is 1. The standard InChI is InChI=1S/C12H14N2S/c1-2-6-13-11-9-5-8-15-12(9)14-7-3-4-10(11)14/h3-5,7-8,11,13H,2,6H2,1H3. The van der Waals surface area contributed by atoms with Crippen LogP contribution in [0.4, 0.5) is 0 Å². The minimum atomic E-state index is 0.404. The van der Waals surface area contributed by atoms with Crippen molar-refractivity contribution in [1.82, 2.24) is 9.88 Å². The number of fused-ring (bicyclic) bond motifs is 3. The number of rotatable bonds is 3. The van der Waals surface area contributed by atoms with Crippen LogP contribution in [0, 0.1) is 0 Å². The molecule has 0 radical (unpaired) electrons. The molecule has 3 heterocycles. The van der Waals surface area contributed by atoms with Crippen LogP contribution in [0.15, 0.2) is 29.8 Å². The van der Waals surface area contributed by atoms with Gasteiger partial charge in [-0.2, -0.15) is 0 Å². The molecule has 0 aliphatic carbocycles. The third-order valence-electron chi connectivity index (χ3n) is 2.88. The summed E-state index contributed by atoms with van der Waals surface area (Å²) < 4.78 is 2.30. The fourth-order valence-corrected chi connectivity index (χ4v) is 3.15. The molecule has 2 aromatic heterocycles. The van der Waals surface area contributed by atoms with E-state index in [0.29, 0.717) is 6.04 Å². The van der Waals surface area contributed by atoms with Gasteiger partial charge in [-0.15, -0.1) is 11.3 Å². The molecule has 0 spiro atoms. The first-order valence-electron chi connectivity index (χ1n) is 5.40. The van der Waals surface area contributed by atoms with E-state index in [1.165, 1.54) is 22.7 Å². The summed E-state index contributed by atoms with van der Waals surface area (Å²) in [6.07, 6.45) is 3.33. The largest absolute Gasteiger partial charge is 0.310 e. The zero-order chi connectivity index (χ0) is 10.3. The predicted molar refractivity (Wildman–Crippen MR) is 63.8 cm³/mol. The Bertz CT molecular complexity index is 429. The monoisotopic (exact) mass is 218 g/mol. The fourth-order valence-electron chi connectivity index (χ4n) is 2.20. The molecule has 1 aliphatic rings. The lowest BCUT2D eigenvalue weighted by Gasteiger charge is -2.11. The Morgan fingerprint density at radius 2 is 2.40 bits per heavy atom. The fraction of sp³-hybridized carbons (Fsp3) is 0.333. The third-order valence-corrected chi connectivity index (χ3v) is 3.81. The van der Waals surface area contributed by atoms with Crippen molar-refractivity contribution in [3.8, 4) is 5.00 Å². The van der Waals surface area contributed by atoms with Gasteiger partial charge in [-0.25, -0.2) is 0 Å². The summed E-state index contributed by atoms with van der Waals surface area (Å²) >= 11 is 1.82. The second-order valence-corrected chi connectivity index (χ2v) is 4.77. The zero-order valence-corrected chi connectivity index (χ0v) is 9.55. The van der Waals surface area contributed by atoms with Crippen LogP contribution in [0.3, 0.4) is 0 Å². The number of thiophene rings is 1. The molecule has 1 aliphatic heterocycles. The van der Waals surface area contributed by atoms with E-state index in [2.05, 4.69) is 46.6 Å². The van der Waals surface area contributed by atoms with Crippen LogP contribution in [-0.2, 0) is 0 Å². The maximum atomic E-state index is 3.60. The van der Waals surface area contributed by atoms with E-state index in [9.17, 15) is 0 Å². The Kier molecular flexibility index (Phi) is 2.15. The van der Waals surface area contributed by atoms with Crippen LogP contribution in [-0.4, -0.2) is 11.1 Å². The molecule has 0 saturated carbocycles. The summed E-state index contributed by atoms with van der Waals surface area (Å²) in [5.41, 5.74) is 2.81. The highest BCUT2D eigenvalue weighted by Crippen LogP contribution is 2.39. The second kappa shape index (κ2) is 3.51. The molecule has 0 saturated heterocycles. The van der Waals surface area contributed by atoms with E-state index in [-0.39, 0.29) is 0 Å². The summed E-state index contributed by atoms with van der Waals surface area (Å²) in [5.74, 6) is 0. The van der Waals surface area contributed by atoms with Crippen LogP contribution >= 0.6 is 11.3 Å². The normalized spacial score (nSPS) is 17.8. The molecule has 78 valence electrons. The average Bonchev–Trinajstić information content (AvgIpc) is 2.88. The second-order valence-electron chi connectivity index (χ2n) is 3.87. The Morgan fingerprint density at radius 3 is 3.27 bits per heavy atom. The van der Waals surface area contributed by atoms with Gasteiger partial charge in [0.05, 0.1) is 6.04 Å². The highest BCUT2D eigenvalue weighted by atomic mass is 32.1. The van der Waals surface area contributed by atoms with Crippen molar-refractivity contribution in [2.45, 2.75) is 19.4 Å². The van der Waals surface area contributed by atoms with Crippen molar-refractivity contribution in [3.63, 3.8) is 0 Å². The molecule has 0 fully saturated rings. The van der Waals surface area contributed by atoms with E-state index in [0.717, 1.165) is 6.54 Å². The lowest BCUT2D eigenvalue weighted by Crippen LogP contribution is -2.21. The minimum absolute atomic E-state index is 0.404. The molecular weight excluding hydrogens is 204 g/mol. The van der Waals surface area contributed by atoms with Crippen molar-refractivity contribution < 1.29 is 0 Å². The summed E-state index contributed by atoms with van der Waals surface area (Å²) in [6.45, 7) is 3.28. The smallest absolute Gasteiger partial charge is 0.104 e. The van der Waals surface area contributed by atoms with Gasteiger partial charge in [0.25, 0.3) is 0 Å². The van der Waals surface area contributed by atoms with Crippen molar-refractivity contribution >= 4 is 11.3 Å². The Balaban J connectivity index is 2.03. The average molecular weight is 218 g/mol. The summed E-state index contributed by atoms with van der Waals surface area (Å²) in [5, 5.41) is 7.15. The van der Waals surface area contributed by atoms with Crippen molar-refractivity contribution in [3.05, 3.63) is 41.0 Å². The van der Waals surface area contributed by atoms with Crippen molar-refractivity contribution in [2.75, 3.05) is 6.54 Å². The quantitative estimate of drug-likeness (QED) is 0.838. The minimum Gasteiger partial charge on any atom is -0.310 e. The maximum Gasteiger partial charge on any atom is 0.104 e. The maximum absolute atomic E-state index is 3.60. The molecule has 2 nitrogen and oxygen atoms in total. The van der Waals surface area contributed by atoms with E-state index in [4.69, 9.17) is 0 Å². The van der Waals surface area contributed by atoms with Gasteiger partial charge in [-0.3, -0.25) is 0 Å². The highest BCUT2D eigenvalue weighted by molar-refractivity contribution is 7.12. The lowest BCUT2D eigenvalue weighted by molar-refractivity contribution is 0.600. The molecule has 1 unspecified atom stereocenters.